The number of piperazine rings is 1. The van der Waals surface area contributed by atoms with E-state index < -0.39 is 0 Å². The van der Waals surface area contributed by atoms with Crippen molar-refractivity contribution < 1.29 is 4.79 Å². The number of nitrogens with zero attached hydrogens (tertiary/aromatic N) is 2. The highest BCUT2D eigenvalue weighted by atomic mass is 16.2. The second-order valence-electron chi connectivity index (χ2n) is 6.28. The molecule has 0 saturated carbocycles. The molecule has 3 nitrogen and oxygen atoms in total. The van der Waals surface area contributed by atoms with Crippen LogP contribution in [0.5, 0.6) is 0 Å². The number of hydrogen-bond donors (Lipinski definition) is 0. The van der Waals surface area contributed by atoms with Gasteiger partial charge in [0, 0.05) is 37.8 Å². The molecule has 3 heteroatoms. The van der Waals surface area contributed by atoms with Gasteiger partial charge in [-0.15, -0.1) is 0 Å². The van der Waals surface area contributed by atoms with E-state index in [9.17, 15) is 4.79 Å². The molecule has 0 aliphatic carbocycles. The van der Waals surface area contributed by atoms with E-state index in [0.29, 0.717) is 5.92 Å². The molecule has 1 aliphatic heterocycles. The number of hydrogen-bond acceptors (Lipinski definition) is 2. The maximum atomic E-state index is 11.7. The maximum absolute atomic E-state index is 11.7. The van der Waals surface area contributed by atoms with Crippen molar-refractivity contribution in [3.8, 4) is 0 Å². The Hall–Kier alpha value is -1.51. The molecule has 1 heterocycles. The fourth-order valence-electron chi connectivity index (χ4n) is 3.23. The van der Waals surface area contributed by atoms with Gasteiger partial charge in [0.05, 0.1) is 0 Å². The number of amides is 1. The standard InChI is InChI=1S/C17H26N2O/c1-12(2)16-7-6-8-17(9-16)18-10-13(3)19(15(5)20)14(4)11-18/h6-9,12-14H,10-11H2,1-5H3/t13-,14+. The lowest BCUT2D eigenvalue weighted by Gasteiger charge is -2.45. The molecule has 0 N–H and O–H groups in total. The molecule has 1 aliphatic rings. The summed E-state index contributed by atoms with van der Waals surface area (Å²) in [5.74, 6) is 0.726. The van der Waals surface area contributed by atoms with Gasteiger partial charge in [0.1, 0.15) is 0 Å². The van der Waals surface area contributed by atoms with Crippen LogP contribution >= 0.6 is 0 Å². The summed E-state index contributed by atoms with van der Waals surface area (Å²) in [5.41, 5.74) is 2.65. The smallest absolute Gasteiger partial charge is 0.220 e. The molecule has 1 fully saturated rings. The minimum atomic E-state index is 0.181. The summed E-state index contributed by atoms with van der Waals surface area (Å²) in [5, 5.41) is 0. The summed E-state index contributed by atoms with van der Waals surface area (Å²) in [4.78, 5) is 16.1. The SMILES string of the molecule is CC(=O)N1[C@H](C)CN(c2cccc(C(C)C)c2)C[C@@H]1C. The fraction of sp³-hybridized carbons (Fsp3) is 0.588. The molecule has 20 heavy (non-hydrogen) atoms. The molecule has 110 valence electrons. The van der Waals surface area contributed by atoms with Crippen molar-refractivity contribution in [1.82, 2.24) is 4.90 Å². The molecule has 1 saturated heterocycles. The quantitative estimate of drug-likeness (QED) is 0.826. The third kappa shape index (κ3) is 2.97. The average molecular weight is 274 g/mol. The van der Waals surface area contributed by atoms with Crippen LogP contribution in [0.1, 0.15) is 46.1 Å². The average Bonchev–Trinajstić information content (AvgIpc) is 2.37. The number of carbonyl (C=O) groups is 1. The highest BCUT2D eigenvalue weighted by Crippen LogP contribution is 2.25. The molecule has 1 aromatic carbocycles. The lowest BCUT2D eigenvalue weighted by Crippen LogP contribution is -2.58. The van der Waals surface area contributed by atoms with Crippen LogP contribution in [0.4, 0.5) is 5.69 Å². The summed E-state index contributed by atoms with van der Waals surface area (Å²) < 4.78 is 0. The number of benzene rings is 1. The van der Waals surface area contributed by atoms with Gasteiger partial charge in [0.15, 0.2) is 0 Å². The van der Waals surface area contributed by atoms with Crippen LogP contribution in [0.25, 0.3) is 0 Å². The Bertz CT molecular complexity index is 472. The summed E-state index contributed by atoms with van der Waals surface area (Å²) in [6, 6.07) is 9.31. The highest BCUT2D eigenvalue weighted by molar-refractivity contribution is 5.74. The molecule has 0 bridgehead atoms. The zero-order valence-electron chi connectivity index (χ0n) is 13.3. The van der Waals surface area contributed by atoms with E-state index in [1.165, 1.54) is 11.3 Å². The molecule has 0 unspecified atom stereocenters. The molecular formula is C17H26N2O. The van der Waals surface area contributed by atoms with E-state index in [1.54, 1.807) is 6.92 Å². The number of rotatable bonds is 2. The first-order valence-corrected chi connectivity index (χ1v) is 7.54. The van der Waals surface area contributed by atoms with Crippen molar-refractivity contribution in [1.29, 1.82) is 0 Å². The molecule has 0 spiro atoms. The zero-order chi connectivity index (χ0) is 14.9. The molecule has 0 aromatic heterocycles. The first-order chi connectivity index (χ1) is 9.40. The predicted octanol–water partition coefficient (Wildman–Crippen LogP) is 3.26. The van der Waals surface area contributed by atoms with Gasteiger partial charge in [-0.3, -0.25) is 4.79 Å². The van der Waals surface area contributed by atoms with Crippen molar-refractivity contribution in [2.24, 2.45) is 0 Å². The Morgan fingerprint density at radius 1 is 1.20 bits per heavy atom. The van der Waals surface area contributed by atoms with E-state index >= 15 is 0 Å². The van der Waals surface area contributed by atoms with Crippen LogP contribution in [0.3, 0.4) is 0 Å². The van der Waals surface area contributed by atoms with Crippen LogP contribution in [0, 0.1) is 0 Å². The summed E-state index contributed by atoms with van der Waals surface area (Å²) in [6.45, 7) is 12.2. The monoisotopic (exact) mass is 274 g/mol. The van der Waals surface area contributed by atoms with Gasteiger partial charge < -0.3 is 9.80 Å². The number of carbonyl (C=O) groups excluding carboxylic acids is 1. The lowest BCUT2D eigenvalue weighted by atomic mass is 10.0. The minimum Gasteiger partial charge on any atom is -0.367 e. The Labute approximate surface area is 122 Å². The van der Waals surface area contributed by atoms with Crippen LogP contribution < -0.4 is 4.90 Å². The Morgan fingerprint density at radius 2 is 1.80 bits per heavy atom. The van der Waals surface area contributed by atoms with Gasteiger partial charge in [0.25, 0.3) is 0 Å². The Balaban J connectivity index is 2.19. The zero-order valence-corrected chi connectivity index (χ0v) is 13.3. The van der Waals surface area contributed by atoms with Crippen molar-refractivity contribution >= 4 is 11.6 Å². The van der Waals surface area contributed by atoms with Crippen LogP contribution in [-0.4, -0.2) is 36.0 Å². The minimum absolute atomic E-state index is 0.181. The lowest BCUT2D eigenvalue weighted by molar-refractivity contribution is -0.133. The van der Waals surface area contributed by atoms with Gasteiger partial charge in [-0.2, -0.15) is 0 Å². The van der Waals surface area contributed by atoms with Gasteiger partial charge in [-0.25, -0.2) is 0 Å². The second kappa shape index (κ2) is 5.86. The predicted molar refractivity (Wildman–Crippen MR) is 84.2 cm³/mol. The van der Waals surface area contributed by atoms with Gasteiger partial charge in [0.2, 0.25) is 5.91 Å². The van der Waals surface area contributed by atoms with E-state index in [2.05, 4.69) is 56.9 Å². The summed E-state index contributed by atoms with van der Waals surface area (Å²) in [6.07, 6.45) is 0. The highest BCUT2D eigenvalue weighted by Gasteiger charge is 2.31. The second-order valence-corrected chi connectivity index (χ2v) is 6.28. The van der Waals surface area contributed by atoms with Crippen LogP contribution in [0.2, 0.25) is 0 Å². The van der Waals surface area contributed by atoms with Gasteiger partial charge >= 0.3 is 0 Å². The molecule has 1 aromatic rings. The van der Waals surface area contributed by atoms with Crippen LogP contribution in [0.15, 0.2) is 24.3 Å². The fourth-order valence-corrected chi connectivity index (χ4v) is 3.23. The Morgan fingerprint density at radius 3 is 2.30 bits per heavy atom. The third-order valence-electron chi connectivity index (χ3n) is 4.18. The molecule has 1 amide bonds. The maximum Gasteiger partial charge on any atom is 0.220 e. The molecular weight excluding hydrogens is 248 g/mol. The van der Waals surface area contributed by atoms with Crippen molar-refractivity contribution in [2.45, 2.75) is 52.6 Å². The summed E-state index contributed by atoms with van der Waals surface area (Å²) in [7, 11) is 0. The molecule has 2 rings (SSSR count). The molecule has 0 radical (unpaired) electrons. The van der Waals surface area contributed by atoms with Gasteiger partial charge in [-0.1, -0.05) is 26.0 Å². The first kappa shape index (κ1) is 14.9. The molecule has 2 atom stereocenters. The normalized spacial score (nSPS) is 23.3. The Kier molecular flexibility index (Phi) is 4.36. The van der Waals surface area contributed by atoms with E-state index in [4.69, 9.17) is 0 Å². The summed E-state index contributed by atoms with van der Waals surface area (Å²) >= 11 is 0. The van der Waals surface area contributed by atoms with E-state index in [1.807, 2.05) is 4.90 Å². The van der Waals surface area contributed by atoms with Gasteiger partial charge in [-0.05, 0) is 37.5 Å². The third-order valence-corrected chi connectivity index (χ3v) is 4.18. The van der Waals surface area contributed by atoms with Crippen LogP contribution in [-0.2, 0) is 4.79 Å². The van der Waals surface area contributed by atoms with E-state index in [0.717, 1.165) is 13.1 Å². The number of anilines is 1. The van der Waals surface area contributed by atoms with Crippen molar-refractivity contribution in [3.63, 3.8) is 0 Å². The largest absolute Gasteiger partial charge is 0.367 e. The first-order valence-electron chi connectivity index (χ1n) is 7.54. The van der Waals surface area contributed by atoms with Crippen molar-refractivity contribution in [2.75, 3.05) is 18.0 Å². The van der Waals surface area contributed by atoms with E-state index in [-0.39, 0.29) is 18.0 Å². The topological polar surface area (TPSA) is 23.6 Å². The van der Waals surface area contributed by atoms with Crippen molar-refractivity contribution in [3.05, 3.63) is 29.8 Å².